The van der Waals surface area contributed by atoms with E-state index in [2.05, 4.69) is 55.5 Å². The Bertz CT molecular complexity index is 1200. The lowest BCUT2D eigenvalue weighted by atomic mass is 9.75. The Balaban J connectivity index is 1.62. The van der Waals surface area contributed by atoms with Crippen molar-refractivity contribution in [3.63, 3.8) is 0 Å². The van der Waals surface area contributed by atoms with Crippen LogP contribution in [-0.2, 0) is 10.2 Å². The highest BCUT2D eigenvalue weighted by molar-refractivity contribution is 6.09. The first kappa shape index (κ1) is 19.5. The molecule has 2 heterocycles. The average Bonchev–Trinajstić information content (AvgIpc) is 3.12. The van der Waals surface area contributed by atoms with Gasteiger partial charge >= 0.3 is 0 Å². The molecule has 0 aromatic heterocycles. The predicted molar refractivity (Wildman–Crippen MR) is 121 cm³/mol. The molecule has 0 unspecified atom stereocenters. The number of carbonyl (C=O) groups excluding carboxylic acids is 1. The molecule has 4 nitrogen and oxygen atoms in total. The number of fused-ring (bicyclic) bond motifs is 2. The third-order valence-electron chi connectivity index (χ3n) is 6.64. The van der Waals surface area contributed by atoms with Crippen LogP contribution in [0.25, 0.3) is 11.1 Å². The lowest BCUT2D eigenvalue weighted by Gasteiger charge is -2.34. The fraction of sp³-hybridized carbons (Fsp3) is 0.259. The molecule has 0 N–H and O–H groups in total. The second-order valence-electron chi connectivity index (χ2n) is 8.54. The third kappa shape index (κ3) is 3.32. The zero-order valence-electron chi connectivity index (χ0n) is 17.6. The SMILES string of the molecule is Cc1cccc(-c2ccc3c(c2)C2(CCOCC2)CN3C(=O)c2ccccc2C#N)c1. The average molecular weight is 409 g/mol. The van der Waals surface area contributed by atoms with Gasteiger partial charge in [-0.15, -0.1) is 0 Å². The van der Waals surface area contributed by atoms with Gasteiger partial charge in [-0.2, -0.15) is 5.26 Å². The van der Waals surface area contributed by atoms with Gasteiger partial charge in [-0.05, 0) is 60.7 Å². The summed E-state index contributed by atoms with van der Waals surface area (Å²) in [5.74, 6) is -0.106. The Morgan fingerprint density at radius 1 is 1.00 bits per heavy atom. The molecule has 1 saturated heterocycles. The van der Waals surface area contributed by atoms with E-state index in [1.54, 1.807) is 18.2 Å². The number of benzene rings is 3. The van der Waals surface area contributed by atoms with Gasteiger partial charge in [-0.25, -0.2) is 0 Å². The smallest absolute Gasteiger partial charge is 0.259 e. The van der Waals surface area contributed by atoms with E-state index in [0.29, 0.717) is 30.9 Å². The minimum Gasteiger partial charge on any atom is -0.381 e. The van der Waals surface area contributed by atoms with Crippen LogP contribution >= 0.6 is 0 Å². The second kappa shape index (κ2) is 7.68. The molecule has 1 spiro atoms. The van der Waals surface area contributed by atoms with E-state index < -0.39 is 0 Å². The van der Waals surface area contributed by atoms with Crippen molar-refractivity contribution in [2.75, 3.05) is 24.7 Å². The van der Waals surface area contributed by atoms with E-state index in [1.165, 1.54) is 22.3 Å². The van der Waals surface area contributed by atoms with E-state index in [1.807, 2.05) is 11.0 Å². The number of anilines is 1. The normalized spacial score (nSPS) is 16.7. The summed E-state index contributed by atoms with van der Waals surface area (Å²) in [6.07, 6.45) is 1.78. The van der Waals surface area contributed by atoms with Crippen LogP contribution in [0.1, 0.15) is 39.9 Å². The number of hydrogen-bond acceptors (Lipinski definition) is 3. The fourth-order valence-corrected chi connectivity index (χ4v) is 4.96. The molecule has 31 heavy (non-hydrogen) atoms. The standard InChI is InChI=1S/C27H24N2O2/c1-19-5-4-7-20(15-19)21-9-10-25-24(16-21)27(11-13-31-14-12-27)18-29(25)26(30)23-8-3-2-6-22(23)17-28/h2-10,15-16H,11-14,18H2,1H3. The summed E-state index contributed by atoms with van der Waals surface area (Å²) < 4.78 is 5.67. The van der Waals surface area contributed by atoms with E-state index in [0.717, 1.165) is 18.5 Å². The Labute approximate surface area is 182 Å². The first-order valence-corrected chi connectivity index (χ1v) is 10.7. The largest absolute Gasteiger partial charge is 0.381 e. The summed E-state index contributed by atoms with van der Waals surface area (Å²) in [6, 6.07) is 24.2. The quantitative estimate of drug-likeness (QED) is 0.582. The van der Waals surface area contributed by atoms with Crippen LogP contribution in [-0.4, -0.2) is 25.7 Å². The van der Waals surface area contributed by atoms with E-state index in [9.17, 15) is 10.1 Å². The minimum absolute atomic E-state index is 0.106. The van der Waals surface area contributed by atoms with Crippen LogP contribution < -0.4 is 4.90 Å². The van der Waals surface area contributed by atoms with Gasteiger partial charge in [0.1, 0.15) is 0 Å². The highest BCUT2D eigenvalue weighted by Crippen LogP contribution is 2.48. The maximum Gasteiger partial charge on any atom is 0.259 e. The number of ether oxygens (including phenoxy) is 1. The van der Waals surface area contributed by atoms with E-state index in [-0.39, 0.29) is 11.3 Å². The number of hydrogen-bond donors (Lipinski definition) is 0. The molecule has 0 aliphatic carbocycles. The van der Waals surface area contributed by atoms with Crippen LogP contribution in [0.5, 0.6) is 0 Å². The summed E-state index contributed by atoms with van der Waals surface area (Å²) in [5, 5.41) is 9.50. The van der Waals surface area contributed by atoms with Crippen molar-refractivity contribution >= 4 is 11.6 Å². The molecule has 154 valence electrons. The molecule has 0 saturated carbocycles. The molecule has 5 rings (SSSR count). The highest BCUT2D eigenvalue weighted by atomic mass is 16.5. The maximum absolute atomic E-state index is 13.6. The molecule has 0 atom stereocenters. The number of nitrogens with zero attached hydrogens (tertiary/aromatic N) is 2. The summed E-state index contributed by atoms with van der Waals surface area (Å²) in [7, 11) is 0. The number of aryl methyl sites for hydroxylation is 1. The van der Waals surface area contributed by atoms with Gasteiger partial charge < -0.3 is 9.64 Å². The molecule has 1 fully saturated rings. The Morgan fingerprint density at radius 2 is 1.77 bits per heavy atom. The Hall–Kier alpha value is -3.42. The summed E-state index contributed by atoms with van der Waals surface area (Å²) in [4.78, 5) is 15.4. The molecule has 0 bridgehead atoms. The van der Waals surface area contributed by atoms with Crippen LogP contribution in [0.2, 0.25) is 0 Å². The van der Waals surface area contributed by atoms with Crippen LogP contribution in [0.4, 0.5) is 5.69 Å². The summed E-state index contributed by atoms with van der Waals surface area (Å²) in [6.45, 7) is 4.13. The molecule has 0 radical (unpaired) electrons. The van der Waals surface area contributed by atoms with Crippen molar-refractivity contribution in [1.82, 2.24) is 0 Å². The molecule has 4 heteroatoms. The molecule has 2 aliphatic rings. The molecule has 3 aromatic carbocycles. The lowest BCUT2D eigenvalue weighted by Crippen LogP contribution is -2.40. The second-order valence-corrected chi connectivity index (χ2v) is 8.54. The third-order valence-corrected chi connectivity index (χ3v) is 6.64. The van der Waals surface area contributed by atoms with E-state index >= 15 is 0 Å². The topological polar surface area (TPSA) is 53.3 Å². The monoisotopic (exact) mass is 408 g/mol. The van der Waals surface area contributed by atoms with Gasteiger partial charge in [0.05, 0.1) is 17.2 Å². The Morgan fingerprint density at radius 3 is 2.55 bits per heavy atom. The maximum atomic E-state index is 13.6. The number of nitriles is 1. The predicted octanol–water partition coefficient (Wildman–Crippen LogP) is 5.24. The molecular weight excluding hydrogens is 384 g/mol. The minimum atomic E-state index is -0.106. The number of rotatable bonds is 2. The first-order chi connectivity index (χ1) is 15.1. The number of carbonyl (C=O) groups is 1. The van der Waals surface area contributed by atoms with Gasteiger partial charge in [0.2, 0.25) is 0 Å². The summed E-state index contributed by atoms with van der Waals surface area (Å²) in [5.41, 5.74) is 6.52. The first-order valence-electron chi connectivity index (χ1n) is 10.7. The lowest BCUT2D eigenvalue weighted by molar-refractivity contribution is 0.0547. The molecule has 2 aliphatic heterocycles. The van der Waals surface area contributed by atoms with Gasteiger partial charge in [-0.1, -0.05) is 48.0 Å². The van der Waals surface area contributed by atoms with Crippen molar-refractivity contribution in [1.29, 1.82) is 5.26 Å². The molecular formula is C27H24N2O2. The van der Waals surface area contributed by atoms with Gasteiger partial charge in [-0.3, -0.25) is 4.79 Å². The van der Waals surface area contributed by atoms with Crippen molar-refractivity contribution in [2.24, 2.45) is 0 Å². The highest BCUT2D eigenvalue weighted by Gasteiger charge is 2.46. The van der Waals surface area contributed by atoms with Crippen LogP contribution in [0, 0.1) is 18.3 Å². The summed E-state index contributed by atoms with van der Waals surface area (Å²) >= 11 is 0. The van der Waals surface area contributed by atoms with Gasteiger partial charge in [0.25, 0.3) is 5.91 Å². The van der Waals surface area contributed by atoms with Crippen molar-refractivity contribution in [2.45, 2.75) is 25.2 Å². The van der Waals surface area contributed by atoms with Gasteiger partial charge in [0.15, 0.2) is 0 Å². The van der Waals surface area contributed by atoms with Crippen molar-refractivity contribution < 1.29 is 9.53 Å². The zero-order chi connectivity index (χ0) is 21.4. The van der Waals surface area contributed by atoms with E-state index in [4.69, 9.17) is 4.74 Å². The molecule has 1 amide bonds. The van der Waals surface area contributed by atoms with Crippen LogP contribution in [0.15, 0.2) is 66.7 Å². The number of amides is 1. The zero-order valence-corrected chi connectivity index (χ0v) is 17.6. The van der Waals surface area contributed by atoms with Gasteiger partial charge in [0, 0.05) is 30.9 Å². The van der Waals surface area contributed by atoms with Crippen molar-refractivity contribution in [3.8, 4) is 17.2 Å². The van der Waals surface area contributed by atoms with Crippen LogP contribution in [0.3, 0.4) is 0 Å². The fourth-order valence-electron chi connectivity index (χ4n) is 4.96. The Kier molecular flexibility index (Phi) is 4.84. The van der Waals surface area contributed by atoms with Crippen molar-refractivity contribution in [3.05, 3.63) is 89.0 Å². The molecule has 3 aromatic rings.